The van der Waals surface area contributed by atoms with Crippen molar-refractivity contribution in [3.8, 4) is 0 Å². The summed E-state index contributed by atoms with van der Waals surface area (Å²) in [7, 11) is -0.0296. The van der Waals surface area contributed by atoms with E-state index in [0.29, 0.717) is 17.8 Å². The van der Waals surface area contributed by atoms with Crippen LogP contribution < -0.4 is 0 Å². The van der Waals surface area contributed by atoms with Crippen LogP contribution in [0.3, 0.4) is 0 Å². The summed E-state index contributed by atoms with van der Waals surface area (Å²) < 4.78 is 0. The van der Waals surface area contributed by atoms with E-state index in [1.165, 1.54) is 81.0 Å². The molecule has 1 aliphatic rings. The predicted octanol–water partition coefficient (Wildman–Crippen LogP) is 12.3. The zero-order valence-electron chi connectivity index (χ0n) is 27.2. The van der Waals surface area contributed by atoms with Crippen molar-refractivity contribution < 1.29 is 0 Å². The Morgan fingerprint density at radius 1 is 0.571 bits per heavy atom. The van der Waals surface area contributed by atoms with E-state index in [1.807, 2.05) is 0 Å². The third-order valence-electron chi connectivity index (χ3n) is 8.79. The first-order chi connectivity index (χ1) is 20.2. The predicted molar refractivity (Wildman–Crippen MR) is 185 cm³/mol. The van der Waals surface area contributed by atoms with Crippen LogP contribution in [0.15, 0.2) is 112 Å². The van der Waals surface area contributed by atoms with Gasteiger partial charge in [-0.25, -0.2) is 0 Å². The van der Waals surface area contributed by atoms with Crippen LogP contribution in [-0.2, 0) is 17.3 Å². The van der Waals surface area contributed by atoms with Crippen LogP contribution in [0.2, 0.25) is 0 Å². The molecule has 0 saturated heterocycles. The van der Waals surface area contributed by atoms with E-state index in [1.54, 1.807) is 0 Å². The lowest BCUT2D eigenvalue weighted by Gasteiger charge is -2.21. The smallest absolute Gasteiger partial charge is 0.0619 e. The van der Waals surface area contributed by atoms with Crippen molar-refractivity contribution in [1.82, 2.24) is 0 Å². The van der Waals surface area contributed by atoms with E-state index in [2.05, 4.69) is 146 Å². The second kappa shape index (κ2) is 15.6. The number of benzene rings is 4. The highest BCUT2D eigenvalue weighted by Crippen LogP contribution is 2.33. The van der Waals surface area contributed by atoms with Gasteiger partial charge in [-0.15, -0.1) is 0 Å². The first-order valence-corrected chi connectivity index (χ1v) is 17.5. The SMILES string of the molecule is Cc1c(C(C)C)cc(C(C)C)cc1C(C)C.c1ccc([S+](c2ccccc2)c2ccc(CC3CCCCC3)cc2)cc1. The fraction of sp³-hybridized carbons (Fsp3) is 0.415. The zero-order chi connectivity index (χ0) is 30.1. The van der Waals surface area contributed by atoms with Crippen molar-refractivity contribution in [2.45, 2.75) is 119 Å². The lowest BCUT2D eigenvalue weighted by molar-refractivity contribution is 0.356. The highest BCUT2D eigenvalue weighted by molar-refractivity contribution is 7.97. The maximum atomic E-state index is 2.40. The minimum absolute atomic E-state index is 0.0296. The van der Waals surface area contributed by atoms with Crippen molar-refractivity contribution in [1.29, 1.82) is 0 Å². The van der Waals surface area contributed by atoms with Crippen LogP contribution in [0.25, 0.3) is 0 Å². The molecule has 4 aromatic rings. The van der Waals surface area contributed by atoms with Crippen molar-refractivity contribution in [2.75, 3.05) is 0 Å². The number of hydrogen-bond donors (Lipinski definition) is 0. The molecule has 0 N–H and O–H groups in total. The molecule has 1 heteroatoms. The summed E-state index contributed by atoms with van der Waals surface area (Å²) in [4.78, 5) is 4.19. The molecule has 0 aliphatic heterocycles. The summed E-state index contributed by atoms with van der Waals surface area (Å²) in [6.45, 7) is 16.0. The summed E-state index contributed by atoms with van der Waals surface area (Å²) in [6, 6.07) is 36.1. The van der Waals surface area contributed by atoms with Crippen molar-refractivity contribution in [3.63, 3.8) is 0 Å². The largest absolute Gasteiger partial charge is 0.166 e. The van der Waals surface area contributed by atoms with Crippen LogP contribution in [0.1, 0.15) is 119 Å². The summed E-state index contributed by atoms with van der Waals surface area (Å²) in [6.07, 6.45) is 8.37. The molecular formula is C41H53S+. The van der Waals surface area contributed by atoms with Crippen LogP contribution in [0, 0.1) is 12.8 Å². The van der Waals surface area contributed by atoms with E-state index in [0.717, 1.165) is 5.92 Å². The van der Waals surface area contributed by atoms with Crippen LogP contribution >= 0.6 is 0 Å². The van der Waals surface area contributed by atoms with Gasteiger partial charge in [0, 0.05) is 0 Å². The molecule has 0 amide bonds. The monoisotopic (exact) mass is 577 g/mol. The standard InChI is InChI=1S/C25H27S.C16H26/c1-4-10-21(11-5-1)20-22-16-18-25(19-17-22)26(23-12-6-2-7-13-23)24-14-8-3-9-15-24;1-10(2)14-8-15(11(3)4)13(7)16(9-14)12(5)6/h2-3,6-9,12-19,21H,1,4-5,10-11,20H2;8-12H,1-7H3/q+1;. The molecule has 0 unspecified atom stereocenters. The molecule has 42 heavy (non-hydrogen) atoms. The molecule has 0 spiro atoms. The van der Waals surface area contributed by atoms with Crippen LogP contribution in [0.4, 0.5) is 0 Å². The Labute approximate surface area is 260 Å². The summed E-state index contributed by atoms with van der Waals surface area (Å²) in [5.41, 5.74) is 7.53. The zero-order valence-corrected chi connectivity index (χ0v) is 28.0. The van der Waals surface area contributed by atoms with Gasteiger partial charge in [-0.2, -0.15) is 0 Å². The Balaban J connectivity index is 0.000000219. The average molecular weight is 578 g/mol. The number of hydrogen-bond acceptors (Lipinski definition) is 0. The first kappa shape index (κ1) is 32.2. The number of rotatable bonds is 8. The summed E-state index contributed by atoms with van der Waals surface area (Å²) in [5, 5.41) is 0. The Kier molecular flexibility index (Phi) is 12.0. The Morgan fingerprint density at radius 2 is 1.02 bits per heavy atom. The van der Waals surface area contributed by atoms with E-state index in [9.17, 15) is 0 Å². The molecule has 1 fully saturated rings. The third-order valence-corrected chi connectivity index (χ3v) is 11.0. The summed E-state index contributed by atoms with van der Waals surface area (Å²) >= 11 is 0. The van der Waals surface area contributed by atoms with Crippen molar-refractivity contribution in [3.05, 3.63) is 125 Å². The molecule has 0 aromatic heterocycles. The Hall–Kier alpha value is -2.77. The fourth-order valence-electron chi connectivity index (χ4n) is 6.32. The first-order valence-electron chi connectivity index (χ1n) is 16.3. The van der Waals surface area contributed by atoms with E-state index >= 15 is 0 Å². The minimum Gasteiger partial charge on any atom is -0.0619 e. The highest BCUT2D eigenvalue weighted by atomic mass is 32.2. The van der Waals surface area contributed by atoms with Gasteiger partial charge in [0.15, 0.2) is 14.7 Å². The van der Waals surface area contributed by atoms with Gasteiger partial charge in [0.2, 0.25) is 0 Å². The second-order valence-corrected chi connectivity index (χ2v) is 15.1. The lowest BCUT2D eigenvalue weighted by atomic mass is 9.85. The van der Waals surface area contributed by atoms with Crippen molar-refractivity contribution >= 4 is 10.9 Å². The maximum absolute atomic E-state index is 2.40. The molecule has 5 rings (SSSR count). The van der Waals surface area contributed by atoms with Gasteiger partial charge in [0.05, 0.1) is 10.9 Å². The maximum Gasteiger partial charge on any atom is 0.166 e. The lowest BCUT2D eigenvalue weighted by Crippen LogP contribution is -2.09. The second-order valence-electron chi connectivity index (χ2n) is 13.1. The molecule has 222 valence electrons. The van der Waals surface area contributed by atoms with E-state index in [4.69, 9.17) is 0 Å². The fourth-order valence-corrected chi connectivity index (χ4v) is 8.41. The normalized spacial score (nSPS) is 14.0. The van der Waals surface area contributed by atoms with Gasteiger partial charge in [0.25, 0.3) is 0 Å². The topological polar surface area (TPSA) is 0 Å². The molecule has 1 aliphatic carbocycles. The minimum atomic E-state index is -0.0296. The van der Waals surface area contributed by atoms with Gasteiger partial charge < -0.3 is 0 Å². The summed E-state index contributed by atoms with van der Waals surface area (Å²) in [5.74, 6) is 2.76. The van der Waals surface area contributed by atoms with Crippen molar-refractivity contribution in [2.24, 2.45) is 5.92 Å². The van der Waals surface area contributed by atoms with Gasteiger partial charge in [-0.05, 0) is 101 Å². The quantitative estimate of drug-likeness (QED) is 0.183. The van der Waals surface area contributed by atoms with Gasteiger partial charge in [-0.1, -0.05) is 134 Å². The molecule has 0 bridgehead atoms. The molecule has 0 nitrogen and oxygen atoms in total. The van der Waals surface area contributed by atoms with Gasteiger partial charge >= 0.3 is 0 Å². The molecule has 0 radical (unpaired) electrons. The van der Waals surface area contributed by atoms with Crippen LogP contribution in [0.5, 0.6) is 0 Å². The molecule has 4 aromatic carbocycles. The van der Waals surface area contributed by atoms with Gasteiger partial charge in [0.1, 0.15) is 0 Å². The van der Waals surface area contributed by atoms with Crippen LogP contribution in [-0.4, -0.2) is 0 Å². The molecule has 1 saturated carbocycles. The Morgan fingerprint density at radius 3 is 1.45 bits per heavy atom. The van der Waals surface area contributed by atoms with E-state index in [-0.39, 0.29) is 10.9 Å². The van der Waals surface area contributed by atoms with E-state index < -0.39 is 0 Å². The average Bonchev–Trinajstić information content (AvgIpc) is 3.00. The highest BCUT2D eigenvalue weighted by Gasteiger charge is 2.28. The molecule has 0 heterocycles. The molecular weight excluding hydrogens is 525 g/mol. The van der Waals surface area contributed by atoms with Gasteiger partial charge in [-0.3, -0.25) is 0 Å². The Bertz CT molecular complexity index is 1270. The molecule has 0 atom stereocenters. The third kappa shape index (κ3) is 8.63.